The van der Waals surface area contributed by atoms with Gasteiger partial charge in [-0.15, -0.1) is 0 Å². The minimum Gasteiger partial charge on any atom is -0.445 e. The van der Waals surface area contributed by atoms with Crippen LogP contribution in [-0.2, 0) is 12.8 Å². The first-order chi connectivity index (χ1) is 7.36. The van der Waals surface area contributed by atoms with Gasteiger partial charge in [0.15, 0.2) is 5.89 Å². The molecule has 3 rings (SSSR count). The highest BCUT2D eigenvalue weighted by Crippen LogP contribution is 2.41. The van der Waals surface area contributed by atoms with Gasteiger partial charge in [0.25, 0.3) is 0 Å². The predicted molar refractivity (Wildman–Crippen MR) is 57.7 cm³/mol. The first kappa shape index (κ1) is 9.40. The van der Waals surface area contributed by atoms with Crippen LogP contribution in [-0.4, -0.2) is 11.5 Å². The summed E-state index contributed by atoms with van der Waals surface area (Å²) in [5, 5.41) is 0. The summed E-state index contributed by atoms with van der Waals surface area (Å²) in [6, 6.07) is 0. The third kappa shape index (κ3) is 1.81. The van der Waals surface area contributed by atoms with E-state index in [4.69, 9.17) is 10.2 Å². The molecule has 2 aliphatic rings. The Hall–Kier alpha value is -0.830. The lowest BCUT2D eigenvalue weighted by Gasteiger charge is -2.18. The molecule has 15 heavy (non-hydrogen) atoms. The molecule has 2 aliphatic carbocycles. The van der Waals surface area contributed by atoms with Gasteiger partial charge in [0.05, 0.1) is 5.69 Å². The van der Waals surface area contributed by atoms with Crippen LogP contribution in [0.5, 0.6) is 0 Å². The van der Waals surface area contributed by atoms with Crippen LogP contribution in [0, 0.1) is 5.92 Å². The van der Waals surface area contributed by atoms with E-state index in [2.05, 4.69) is 4.98 Å². The number of fused-ring (bicyclic) bond motifs is 1. The van der Waals surface area contributed by atoms with Crippen LogP contribution in [0.1, 0.15) is 48.9 Å². The van der Waals surface area contributed by atoms with E-state index in [1.807, 2.05) is 0 Å². The molecule has 2 N–H and O–H groups in total. The van der Waals surface area contributed by atoms with Gasteiger partial charge >= 0.3 is 0 Å². The zero-order valence-corrected chi connectivity index (χ0v) is 9.04. The highest BCUT2D eigenvalue weighted by Gasteiger charge is 2.31. The van der Waals surface area contributed by atoms with E-state index in [1.54, 1.807) is 0 Å². The number of hydrogen-bond acceptors (Lipinski definition) is 3. The standard InChI is InChI=1S/C12H18N2O/c13-6-5-8-1-4-11-10(7-8)14-12(15-11)9-2-3-9/h8-9H,1-7,13H2. The van der Waals surface area contributed by atoms with Crippen LogP contribution in [0.2, 0.25) is 0 Å². The van der Waals surface area contributed by atoms with Crippen molar-refractivity contribution in [3.8, 4) is 0 Å². The van der Waals surface area contributed by atoms with Gasteiger partial charge in [-0.3, -0.25) is 0 Å². The fraction of sp³-hybridized carbons (Fsp3) is 0.750. The highest BCUT2D eigenvalue weighted by atomic mass is 16.4. The van der Waals surface area contributed by atoms with Crippen molar-refractivity contribution in [2.45, 2.75) is 44.4 Å². The van der Waals surface area contributed by atoms with Crippen LogP contribution in [0.15, 0.2) is 4.42 Å². The van der Waals surface area contributed by atoms with Crippen molar-refractivity contribution in [2.75, 3.05) is 6.54 Å². The van der Waals surface area contributed by atoms with Gasteiger partial charge in [0.1, 0.15) is 5.76 Å². The maximum Gasteiger partial charge on any atom is 0.197 e. The summed E-state index contributed by atoms with van der Waals surface area (Å²) in [4.78, 5) is 4.64. The molecule has 1 fully saturated rings. The van der Waals surface area contributed by atoms with E-state index in [1.165, 1.54) is 25.0 Å². The van der Waals surface area contributed by atoms with Crippen molar-refractivity contribution in [2.24, 2.45) is 11.7 Å². The summed E-state index contributed by atoms with van der Waals surface area (Å²) in [6.45, 7) is 0.799. The fourth-order valence-electron chi connectivity index (χ4n) is 2.46. The van der Waals surface area contributed by atoms with Crippen molar-refractivity contribution < 1.29 is 4.42 Å². The molecule has 0 saturated heterocycles. The maximum absolute atomic E-state index is 5.81. The van der Waals surface area contributed by atoms with Gasteiger partial charge in [0, 0.05) is 12.3 Å². The number of aromatic nitrogens is 1. The van der Waals surface area contributed by atoms with Crippen molar-refractivity contribution in [3.05, 3.63) is 17.3 Å². The van der Waals surface area contributed by atoms with Crippen LogP contribution < -0.4 is 5.73 Å². The normalized spacial score (nSPS) is 25.3. The van der Waals surface area contributed by atoms with Crippen LogP contribution in [0.25, 0.3) is 0 Å². The number of rotatable bonds is 3. The van der Waals surface area contributed by atoms with Crippen molar-refractivity contribution in [1.82, 2.24) is 4.98 Å². The molecule has 1 saturated carbocycles. The molecule has 0 amide bonds. The minimum absolute atomic E-state index is 0.642. The van der Waals surface area contributed by atoms with Crippen LogP contribution >= 0.6 is 0 Å². The summed E-state index contributed by atoms with van der Waals surface area (Å²) < 4.78 is 5.81. The zero-order chi connectivity index (χ0) is 10.3. The molecule has 3 nitrogen and oxygen atoms in total. The summed E-state index contributed by atoms with van der Waals surface area (Å²) in [5.41, 5.74) is 6.82. The lowest BCUT2D eigenvalue weighted by atomic mass is 9.88. The van der Waals surface area contributed by atoms with E-state index < -0.39 is 0 Å². The Labute approximate surface area is 90.1 Å². The molecule has 1 atom stereocenters. The maximum atomic E-state index is 5.81. The quantitative estimate of drug-likeness (QED) is 0.823. The second kappa shape index (κ2) is 3.63. The Bertz CT molecular complexity index is 355. The molecule has 0 radical (unpaired) electrons. The second-order valence-electron chi connectivity index (χ2n) is 4.88. The van der Waals surface area contributed by atoms with E-state index in [-0.39, 0.29) is 0 Å². The third-order valence-electron chi connectivity index (χ3n) is 3.56. The lowest BCUT2D eigenvalue weighted by molar-refractivity contribution is 0.380. The molecule has 0 bridgehead atoms. The predicted octanol–water partition coefficient (Wildman–Crippen LogP) is 2.01. The van der Waals surface area contributed by atoms with E-state index in [0.29, 0.717) is 5.92 Å². The van der Waals surface area contributed by atoms with E-state index in [0.717, 1.165) is 43.4 Å². The summed E-state index contributed by atoms with van der Waals surface area (Å²) in [7, 11) is 0. The molecule has 0 spiro atoms. The molecule has 3 heteroatoms. The Balaban J connectivity index is 1.76. The molecule has 1 unspecified atom stereocenters. The topological polar surface area (TPSA) is 52.0 Å². The van der Waals surface area contributed by atoms with Gasteiger partial charge in [-0.25, -0.2) is 4.98 Å². The Morgan fingerprint density at radius 3 is 2.93 bits per heavy atom. The van der Waals surface area contributed by atoms with Crippen molar-refractivity contribution in [1.29, 1.82) is 0 Å². The highest BCUT2D eigenvalue weighted by molar-refractivity contribution is 5.17. The van der Waals surface area contributed by atoms with Crippen molar-refractivity contribution >= 4 is 0 Å². The first-order valence-electron chi connectivity index (χ1n) is 6.05. The second-order valence-corrected chi connectivity index (χ2v) is 4.88. The smallest absolute Gasteiger partial charge is 0.197 e. The molecule has 0 aliphatic heterocycles. The largest absolute Gasteiger partial charge is 0.445 e. The van der Waals surface area contributed by atoms with Gasteiger partial charge < -0.3 is 10.2 Å². The lowest BCUT2D eigenvalue weighted by Crippen LogP contribution is -2.17. The van der Waals surface area contributed by atoms with Crippen LogP contribution in [0.4, 0.5) is 0 Å². The number of nitrogens with two attached hydrogens (primary N) is 1. The number of oxazole rings is 1. The number of nitrogens with zero attached hydrogens (tertiary/aromatic N) is 1. The molecule has 82 valence electrons. The van der Waals surface area contributed by atoms with Gasteiger partial charge in [0.2, 0.25) is 0 Å². The average molecular weight is 206 g/mol. The van der Waals surface area contributed by atoms with E-state index >= 15 is 0 Å². The Morgan fingerprint density at radius 2 is 2.20 bits per heavy atom. The zero-order valence-electron chi connectivity index (χ0n) is 9.04. The molecular weight excluding hydrogens is 188 g/mol. The van der Waals surface area contributed by atoms with Crippen LogP contribution in [0.3, 0.4) is 0 Å². The Morgan fingerprint density at radius 1 is 1.33 bits per heavy atom. The molecular formula is C12H18N2O. The monoisotopic (exact) mass is 206 g/mol. The summed E-state index contributed by atoms with van der Waals surface area (Å²) in [5.74, 6) is 3.54. The Kier molecular flexibility index (Phi) is 2.28. The SMILES string of the molecule is NCCC1CCc2oc(C3CC3)nc2C1. The van der Waals surface area contributed by atoms with E-state index in [9.17, 15) is 0 Å². The molecule has 1 aromatic rings. The van der Waals surface area contributed by atoms with Gasteiger partial charge in [-0.05, 0) is 44.6 Å². The average Bonchev–Trinajstić information content (AvgIpc) is 2.99. The third-order valence-corrected chi connectivity index (χ3v) is 3.56. The minimum atomic E-state index is 0.642. The summed E-state index contributed by atoms with van der Waals surface area (Å²) >= 11 is 0. The molecule has 1 aromatic heterocycles. The van der Waals surface area contributed by atoms with Gasteiger partial charge in [-0.1, -0.05) is 0 Å². The first-order valence-corrected chi connectivity index (χ1v) is 6.05. The summed E-state index contributed by atoms with van der Waals surface area (Å²) in [6.07, 6.45) is 7.05. The molecule has 0 aromatic carbocycles. The fourth-order valence-corrected chi connectivity index (χ4v) is 2.46. The number of aryl methyl sites for hydroxylation is 1. The number of hydrogen-bond donors (Lipinski definition) is 1. The molecule has 1 heterocycles. The van der Waals surface area contributed by atoms with Crippen molar-refractivity contribution in [3.63, 3.8) is 0 Å². The van der Waals surface area contributed by atoms with Gasteiger partial charge in [-0.2, -0.15) is 0 Å².